The van der Waals surface area contributed by atoms with E-state index in [4.69, 9.17) is 25.1 Å². The number of nitrogens with one attached hydrogen (secondary N) is 2. The van der Waals surface area contributed by atoms with Gasteiger partial charge in [0.2, 0.25) is 5.90 Å². The van der Waals surface area contributed by atoms with Crippen molar-refractivity contribution < 1.29 is 23.8 Å². The fourth-order valence-corrected chi connectivity index (χ4v) is 6.15. The average Bonchev–Trinajstić information content (AvgIpc) is 3.58. The molecule has 1 amide bonds. The molecule has 0 aliphatic carbocycles. The van der Waals surface area contributed by atoms with Gasteiger partial charge in [0.05, 0.1) is 13.2 Å². The monoisotopic (exact) mass is 698 g/mol. The van der Waals surface area contributed by atoms with Crippen molar-refractivity contribution in [3.63, 3.8) is 0 Å². The molecule has 1 heterocycles. The largest absolute Gasteiger partial charge is 0.494 e. The molecule has 1 aliphatic heterocycles. The van der Waals surface area contributed by atoms with Crippen LogP contribution in [0.1, 0.15) is 40.3 Å². The highest BCUT2D eigenvalue weighted by molar-refractivity contribution is 6.01. The van der Waals surface area contributed by atoms with Crippen LogP contribution >= 0.6 is 0 Å². The Morgan fingerprint density at radius 3 is 2.27 bits per heavy atom. The van der Waals surface area contributed by atoms with Crippen LogP contribution in [0, 0.1) is 5.82 Å². The van der Waals surface area contributed by atoms with Gasteiger partial charge in [-0.1, -0.05) is 96.1 Å². The Bertz CT molecular complexity index is 2020. The van der Waals surface area contributed by atoms with Gasteiger partial charge < -0.3 is 14.6 Å². The van der Waals surface area contributed by atoms with Crippen molar-refractivity contribution in [3.05, 3.63) is 171 Å². The van der Waals surface area contributed by atoms with E-state index >= 15 is 0 Å². The lowest BCUT2D eigenvalue weighted by molar-refractivity contribution is -0.130. The SMILES string of the molecule is [N-]=[N+]=NCc1ccccc1C[C@]1(C(=O)NNCCc2ccc(F)cc2)N=C(c2ccc(OCCCO)cc2)O[C@H]1c1ccc(-c2ccccc2)cc1. The molecule has 0 radical (unpaired) electrons. The Balaban J connectivity index is 1.38. The molecule has 11 heteroatoms. The van der Waals surface area contributed by atoms with Gasteiger partial charge in [0, 0.05) is 36.5 Å². The van der Waals surface area contributed by atoms with E-state index in [2.05, 4.69) is 20.9 Å². The van der Waals surface area contributed by atoms with Gasteiger partial charge in [-0.15, -0.1) is 0 Å². The zero-order chi connectivity index (χ0) is 36.2. The minimum absolute atomic E-state index is 0.0354. The highest BCUT2D eigenvalue weighted by atomic mass is 19.1. The summed E-state index contributed by atoms with van der Waals surface area (Å²) in [6.07, 6.45) is 0.343. The number of hydrogen-bond acceptors (Lipinski definition) is 7. The van der Waals surface area contributed by atoms with Crippen LogP contribution in [0.4, 0.5) is 4.39 Å². The number of amides is 1. The van der Waals surface area contributed by atoms with Crippen LogP contribution in [-0.2, 0) is 28.9 Å². The number of azide groups is 1. The summed E-state index contributed by atoms with van der Waals surface area (Å²) in [5, 5.41) is 12.9. The topological polar surface area (TPSA) is 141 Å². The summed E-state index contributed by atoms with van der Waals surface area (Å²) in [6.45, 7) is 0.896. The van der Waals surface area contributed by atoms with Crippen LogP contribution < -0.4 is 15.6 Å². The zero-order valence-corrected chi connectivity index (χ0v) is 28.5. The van der Waals surface area contributed by atoms with Crippen LogP contribution in [0.15, 0.2) is 138 Å². The number of carbonyl (C=O) groups excluding carboxylic acids is 1. The molecule has 5 aromatic rings. The van der Waals surface area contributed by atoms with Crippen molar-refractivity contribution in [3.8, 4) is 16.9 Å². The van der Waals surface area contributed by atoms with Crippen LogP contribution in [0.25, 0.3) is 21.6 Å². The average molecular weight is 699 g/mol. The summed E-state index contributed by atoms with van der Waals surface area (Å²) < 4.78 is 25.9. The van der Waals surface area contributed by atoms with E-state index in [1.54, 1.807) is 24.3 Å². The summed E-state index contributed by atoms with van der Waals surface area (Å²) in [6, 6.07) is 38.9. The van der Waals surface area contributed by atoms with Gasteiger partial charge in [0.15, 0.2) is 11.6 Å². The molecule has 0 saturated heterocycles. The van der Waals surface area contributed by atoms with Crippen LogP contribution in [0.2, 0.25) is 0 Å². The maximum Gasteiger partial charge on any atom is 0.266 e. The predicted molar refractivity (Wildman–Crippen MR) is 198 cm³/mol. The number of carbonyl (C=O) groups is 1. The first kappa shape index (κ1) is 35.8. The van der Waals surface area contributed by atoms with Gasteiger partial charge in [0.25, 0.3) is 5.91 Å². The third kappa shape index (κ3) is 8.65. The van der Waals surface area contributed by atoms with Crippen LogP contribution in [0.5, 0.6) is 5.75 Å². The molecule has 6 rings (SSSR count). The normalized spacial score (nSPS) is 16.3. The molecule has 1 aliphatic rings. The minimum Gasteiger partial charge on any atom is -0.494 e. The van der Waals surface area contributed by atoms with E-state index in [0.29, 0.717) is 37.3 Å². The van der Waals surface area contributed by atoms with Gasteiger partial charge in [-0.2, -0.15) is 0 Å². The molecule has 0 aromatic heterocycles. The summed E-state index contributed by atoms with van der Waals surface area (Å²) in [4.78, 5) is 22.7. The number of hydrogen-bond donors (Lipinski definition) is 3. The van der Waals surface area contributed by atoms with E-state index < -0.39 is 17.6 Å². The van der Waals surface area contributed by atoms with E-state index in [0.717, 1.165) is 33.4 Å². The molecular formula is C41H39FN6O4. The Morgan fingerprint density at radius 2 is 1.56 bits per heavy atom. The zero-order valence-electron chi connectivity index (χ0n) is 28.5. The van der Waals surface area contributed by atoms with Gasteiger partial charge in [-0.3, -0.25) is 10.2 Å². The first-order chi connectivity index (χ1) is 25.5. The number of nitrogens with zero attached hydrogens (tertiary/aromatic N) is 4. The molecule has 0 bridgehead atoms. The van der Waals surface area contributed by atoms with Gasteiger partial charge in [-0.25, -0.2) is 14.8 Å². The second-order valence-corrected chi connectivity index (χ2v) is 12.4. The summed E-state index contributed by atoms with van der Waals surface area (Å²) >= 11 is 0. The van der Waals surface area contributed by atoms with Crippen molar-refractivity contribution >= 4 is 11.8 Å². The Hall–Kier alpha value is -6.00. The number of benzene rings is 5. The van der Waals surface area contributed by atoms with Gasteiger partial charge in [-0.05, 0) is 81.7 Å². The summed E-state index contributed by atoms with van der Waals surface area (Å²) in [7, 11) is 0. The lowest BCUT2D eigenvalue weighted by Crippen LogP contribution is -2.54. The molecule has 0 spiro atoms. The lowest BCUT2D eigenvalue weighted by atomic mass is 9.80. The molecule has 2 atom stereocenters. The standard InChI is InChI=1S/C41H39FN6O4/c42-36-19-11-29(12-20-36)23-24-44-47-40(50)41(27-34-9-4-5-10-35(34)28-45-48-43)38(32-15-13-31(14-16-32)30-7-2-1-3-8-30)52-39(46-41)33-17-21-37(22-18-33)51-26-6-25-49/h1-5,7-22,38,44,49H,6,23-28H2,(H,47,50)/t38-,41-/m0/s1. The molecule has 0 saturated carbocycles. The molecule has 52 heavy (non-hydrogen) atoms. The molecule has 264 valence electrons. The Kier molecular flexibility index (Phi) is 11.9. The van der Waals surface area contributed by atoms with Gasteiger partial charge >= 0.3 is 0 Å². The molecule has 0 unspecified atom stereocenters. The van der Waals surface area contributed by atoms with E-state index in [-0.39, 0.29) is 31.3 Å². The van der Waals surface area contributed by atoms with Crippen molar-refractivity contribution in [2.75, 3.05) is 19.8 Å². The highest BCUT2D eigenvalue weighted by Crippen LogP contribution is 2.43. The predicted octanol–water partition coefficient (Wildman–Crippen LogP) is 7.43. The van der Waals surface area contributed by atoms with Crippen molar-refractivity contribution in [1.82, 2.24) is 10.9 Å². The smallest absolute Gasteiger partial charge is 0.266 e. The second-order valence-electron chi connectivity index (χ2n) is 12.4. The number of aliphatic imine (C=N–C) groups is 1. The number of halogens is 1. The van der Waals surface area contributed by atoms with Crippen molar-refractivity contribution in [2.45, 2.75) is 37.5 Å². The number of hydrazine groups is 1. The van der Waals surface area contributed by atoms with E-state index in [1.807, 2.05) is 91.0 Å². The number of rotatable bonds is 16. The molecular weight excluding hydrogens is 659 g/mol. The fraction of sp³-hybridized carbons (Fsp3) is 0.220. The first-order valence-corrected chi connectivity index (χ1v) is 17.1. The van der Waals surface area contributed by atoms with Gasteiger partial charge in [0.1, 0.15) is 11.6 Å². The second kappa shape index (κ2) is 17.3. The van der Waals surface area contributed by atoms with Crippen LogP contribution in [0.3, 0.4) is 0 Å². The number of aliphatic hydroxyl groups is 1. The quantitative estimate of drug-likeness (QED) is 0.0323. The lowest BCUT2D eigenvalue weighted by Gasteiger charge is -2.31. The highest BCUT2D eigenvalue weighted by Gasteiger charge is 2.53. The van der Waals surface area contributed by atoms with E-state index in [9.17, 15) is 9.18 Å². The fourth-order valence-electron chi connectivity index (χ4n) is 6.15. The molecule has 5 aromatic carbocycles. The Labute approximate surface area is 301 Å². The first-order valence-electron chi connectivity index (χ1n) is 17.1. The number of aliphatic hydroxyl groups excluding tert-OH is 1. The van der Waals surface area contributed by atoms with Crippen molar-refractivity contribution in [2.24, 2.45) is 10.1 Å². The van der Waals surface area contributed by atoms with Crippen molar-refractivity contribution in [1.29, 1.82) is 0 Å². The summed E-state index contributed by atoms with van der Waals surface area (Å²) in [5.41, 5.74) is 19.5. The minimum atomic E-state index is -1.50. The molecule has 10 nitrogen and oxygen atoms in total. The molecule has 3 N–H and O–H groups in total. The van der Waals surface area contributed by atoms with E-state index in [1.165, 1.54) is 12.1 Å². The number of ether oxygens (including phenoxy) is 2. The maximum atomic E-state index is 14.7. The third-order valence-electron chi connectivity index (χ3n) is 8.89. The maximum absolute atomic E-state index is 14.7. The van der Waals surface area contributed by atoms with Crippen LogP contribution in [-0.4, -0.2) is 42.2 Å². The third-order valence-corrected chi connectivity index (χ3v) is 8.89. The molecule has 0 fully saturated rings. The Morgan fingerprint density at radius 1 is 0.885 bits per heavy atom. The summed E-state index contributed by atoms with van der Waals surface area (Å²) in [5.74, 6) is 0.189.